The van der Waals surface area contributed by atoms with E-state index in [1.165, 1.54) is 11.3 Å². The van der Waals surface area contributed by atoms with Crippen LogP contribution in [0.2, 0.25) is 0 Å². The number of thiophene rings is 1. The third-order valence-electron chi connectivity index (χ3n) is 2.83. The average molecular weight is 301 g/mol. The van der Waals surface area contributed by atoms with Gasteiger partial charge in [-0.3, -0.25) is 4.98 Å². The molecule has 0 saturated heterocycles. The number of benzene rings is 1. The van der Waals surface area contributed by atoms with Crippen LogP contribution in [0.3, 0.4) is 0 Å². The van der Waals surface area contributed by atoms with Gasteiger partial charge in [0.15, 0.2) is 0 Å². The average Bonchev–Trinajstić information content (AvgIpc) is 2.94. The van der Waals surface area contributed by atoms with E-state index in [0.717, 1.165) is 27.2 Å². The number of nitrogens with zero attached hydrogens (tertiary/aromatic N) is 1. The van der Waals surface area contributed by atoms with Crippen LogP contribution in [0.1, 0.15) is 15.4 Å². The fourth-order valence-corrected chi connectivity index (χ4v) is 3.63. The summed E-state index contributed by atoms with van der Waals surface area (Å²) < 4.78 is 0. The first-order chi connectivity index (χ1) is 9.72. The summed E-state index contributed by atoms with van der Waals surface area (Å²) in [5, 5.41) is 11.9. The van der Waals surface area contributed by atoms with Crippen LogP contribution in [0.5, 0.6) is 0 Å². The standard InChI is InChI=1S/C15H11NO2S2/c17-15(18)14-7-12(9-20-14)19-8-11-6-5-10-3-1-2-4-13(10)16-11/h1-7,9H,8H2,(H,17,18). The van der Waals surface area contributed by atoms with E-state index in [1.54, 1.807) is 17.8 Å². The van der Waals surface area contributed by atoms with Crippen molar-refractivity contribution in [2.75, 3.05) is 0 Å². The molecule has 0 amide bonds. The number of hydrogen-bond donors (Lipinski definition) is 1. The molecule has 20 heavy (non-hydrogen) atoms. The Labute approximate surface area is 124 Å². The first-order valence-corrected chi connectivity index (χ1v) is 7.88. The van der Waals surface area contributed by atoms with E-state index >= 15 is 0 Å². The molecule has 0 atom stereocenters. The summed E-state index contributed by atoms with van der Waals surface area (Å²) in [5.41, 5.74) is 1.99. The highest BCUT2D eigenvalue weighted by Crippen LogP contribution is 2.27. The van der Waals surface area contributed by atoms with E-state index in [9.17, 15) is 4.79 Å². The lowest BCUT2D eigenvalue weighted by Crippen LogP contribution is -1.90. The van der Waals surface area contributed by atoms with Crippen LogP contribution in [0.15, 0.2) is 52.7 Å². The van der Waals surface area contributed by atoms with Crippen LogP contribution >= 0.6 is 23.1 Å². The van der Waals surface area contributed by atoms with E-state index in [4.69, 9.17) is 5.11 Å². The van der Waals surface area contributed by atoms with Gasteiger partial charge in [-0.2, -0.15) is 0 Å². The van der Waals surface area contributed by atoms with Crippen LogP contribution in [-0.2, 0) is 5.75 Å². The van der Waals surface area contributed by atoms with Gasteiger partial charge in [0.05, 0.1) is 11.2 Å². The Morgan fingerprint density at radius 1 is 1.25 bits per heavy atom. The molecule has 1 N–H and O–H groups in total. The highest BCUT2D eigenvalue weighted by atomic mass is 32.2. The van der Waals surface area contributed by atoms with Crippen molar-refractivity contribution < 1.29 is 9.90 Å². The number of thioether (sulfide) groups is 1. The number of carboxylic acids is 1. The normalized spacial score (nSPS) is 10.8. The van der Waals surface area contributed by atoms with E-state index in [1.807, 2.05) is 35.7 Å². The number of hydrogen-bond acceptors (Lipinski definition) is 4. The second-order valence-corrected chi connectivity index (χ2v) is 6.20. The van der Waals surface area contributed by atoms with Gasteiger partial charge in [0.25, 0.3) is 0 Å². The second-order valence-electron chi connectivity index (χ2n) is 4.24. The summed E-state index contributed by atoms with van der Waals surface area (Å²) in [5.74, 6) is -0.133. The Balaban J connectivity index is 1.74. The smallest absolute Gasteiger partial charge is 0.345 e. The Hall–Kier alpha value is -1.85. The number of carboxylic acid groups (broad SMARTS) is 1. The van der Waals surface area contributed by atoms with Crippen molar-refractivity contribution in [1.29, 1.82) is 0 Å². The van der Waals surface area contributed by atoms with Gasteiger partial charge in [-0.05, 0) is 18.2 Å². The fraction of sp³-hybridized carbons (Fsp3) is 0.0667. The van der Waals surface area contributed by atoms with Crippen molar-refractivity contribution in [1.82, 2.24) is 4.98 Å². The molecule has 1 aromatic carbocycles. The third-order valence-corrected chi connectivity index (χ3v) is 4.91. The number of pyridine rings is 1. The molecule has 100 valence electrons. The Morgan fingerprint density at radius 3 is 2.90 bits per heavy atom. The molecular formula is C15H11NO2S2. The van der Waals surface area contributed by atoms with E-state index in [0.29, 0.717) is 4.88 Å². The Bertz CT molecular complexity index is 767. The third kappa shape index (κ3) is 2.84. The van der Waals surface area contributed by atoms with Gasteiger partial charge in [0.2, 0.25) is 0 Å². The molecule has 0 unspecified atom stereocenters. The van der Waals surface area contributed by atoms with Crippen LogP contribution in [-0.4, -0.2) is 16.1 Å². The topological polar surface area (TPSA) is 50.2 Å². The number of aromatic nitrogens is 1. The summed E-state index contributed by atoms with van der Waals surface area (Å²) in [7, 11) is 0. The summed E-state index contributed by atoms with van der Waals surface area (Å²) in [6.07, 6.45) is 0. The molecule has 0 aliphatic carbocycles. The predicted octanol–water partition coefficient (Wildman–Crippen LogP) is 4.29. The maximum absolute atomic E-state index is 10.8. The number of carbonyl (C=O) groups is 1. The molecule has 0 saturated carbocycles. The fourth-order valence-electron chi connectivity index (χ4n) is 1.85. The van der Waals surface area contributed by atoms with Gasteiger partial charge >= 0.3 is 5.97 Å². The highest BCUT2D eigenvalue weighted by molar-refractivity contribution is 7.98. The zero-order valence-corrected chi connectivity index (χ0v) is 12.1. The molecule has 0 radical (unpaired) electrons. The summed E-state index contributed by atoms with van der Waals surface area (Å²) in [6.45, 7) is 0. The molecular weight excluding hydrogens is 290 g/mol. The van der Waals surface area contributed by atoms with Gasteiger partial charge in [-0.25, -0.2) is 4.79 Å². The molecule has 0 spiro atoms. The van der Waals surface area contributed by atoms with Gasteiger partial charge in [0, 0.05) is 21.4 Å². The van der Waals surface area contributed by atoms with Gasteiger partial charge < -0.3 is 5.11 Å². The summed E-state index contributed by atoms with van der Waals surface area (Å²) in [4.78, 5) is 16.8. The van der Waals surface area contributed by atoms with Crippen LogP contribution in [0.4, 0.5) is 0 Å². The number of fused-ring (bicyclic) bond motifs is 1. The summed E-state index contributed by atoms with van der Waals surface area (Å²) in [6, 6.07) is 13.8. The molecule has 0 aliphatic heterocycles. The summed E-state index contributed by atoms with van der Waals surface area (Å²) >= 11 is 2.86. The minimum absolute atomic E-state index is 0.374. The molecule has 3 rings (SSSR count). The van der Waals surface area contributed by atoms with Gasteiger partial charge in [0.1, 0.15) is 4.88 Å². The lowest BCUT2D eigenvalue weighted by atomic mass is 10.2. The van der Waals surface area contributed by atoms with Crippen molar-refractivity contribution in [3.05, 3.63) is 58.4 Å². The van der Waals surface area contributed by atoms with Crippen molar-refractivity contribution in [3.8, 4) is 0 Å². The Morgan fingerprint density at radius 2 is 2.10 bits per heavy atom. The minimum Gasteiger partial charge on any atom is -0.477 e. The molecule has 5 heteroatoms. The second kappa shape index (κ2) is 5.64. The maximum atomic E-state index is 10.8. The number of rotatable bonds is 4. The number of para-hydroxylation sites is 1. The Kier molecular flexibility index (Phi) is 3.71. The van der Waals surface area contributed by atoms with Crippen molar-refractivity contribution >= 4 is 40.0 Å². The van der Waals surface area contributed by atoms with Crippen LogP contribution < -0.4 is 0 Å². The molecule has 3 nitrogen and oxygen atoms in total. The van der Waals surface area contributed by atoms with E-state index in [2.05, 4.69) is 11.1 Å². The molecule has 0 fully saturated rings. The van der Waals surface area contributed by atoms with Crippen molar-refractivity contribution in [3.63, 3.8) is 0 Å². The van der Waals surface area contributed by atoms with E-state index < -0.39 is 5.97 Å². The first kappa shape index (κ1) is 13.1. The molecule has 2 heterocycles. The predicted molar refractivity (Wildman–Crippen MR) is 82.6 cm³/mol. The van der Waals surface area contributed by atoms with Crippen molar-refractivity contribution in [2.24, 2.45) is 0 Å². The molecule has 3 aromatic rings. The molecule has 0 bridgehead atoms. The minimum atomic E-state index is -0.870. The first-order valence-electron chi connectivity index (χ1n) is 6.02. The van der Waals surface area contributed by atoms with Gasteiger partial charge in [-0.15, -0.1) is 23.1 Å². The largest absolute Gasteiger partial charge is 0.477 e. The lowest BCUT2D eigenvalue weighted by molar-refractivity contribution is 0.0702. The van der Waals surface area contributed by atoms with Crippen LogP contribution in [0, 0.1) is 0 Å². The highest BCUT2D eigenvalue weighted by Gasteiger charge is 2.07. The molecule has 2 aromatic heterocycles. The van der Waals surface area contributed by atoms with E-state index in [-0.39, 0.29) is 0 Å². The zero-order chi connectivity index (χ0) is 13.9. The zero-order valence-electron chi connectivity index (χ0n) is 10.4. The van der Waals surface area contributed by atoms with Crippen molar-refractivity contribution in [2.45, 2.75) is 10.6 Å². The van der Waals surface area contributed by atoms with Gasteiger partial charge in [-0.1, -0.05) is 24.3 Å². The SMILES string of the molecule is O=C(O)c1cc(SCc2ccc3ccccc3n2)cs1. The maximum Gasteiger partial charge on any atom is 0.345 e. The number of aromatic carboxylic acids is 1. The lowest BCUT2D eigenvalue weighted by Gasteiger charge is -2.02. The monoisotopic (exact) mass is 301 g/mol. The quantitative estimate of drug-likeness (QED) is 0.730. The molecule has 0 aliphatic rings. The van der Waals surface area contributed by atoms with Crippen LogP contribution in [0.25, 0.3) is 10.9 Å².